The monoisotopic (exact) mass is 229 g/mol. The summed E-state index contributed by atoms with van der Waals surface area (Å²) in [6.45, 7) is 4.22. The Morgan fingerprint density at radius 1 is 1.47 bits per heavy atom. The van der Waals surface area contributed by atoms with Crippen molar-refractivity contribution in [1.82, 2.24) is 9.38 Å². The molecule has 0 bridgehead atoms. The van der Waals surface area contributed by atoms with E-state index in [1.165, 1.54) is 6.42 Å². The molecule has 2 aromatic rings. The molecule has 88 valence electrons. The molecule has 0 N–H and O–H groups in total. The highest BCUT2D eigenvalue weighted by atomic mass is 16.1. The Morgan fingerprint density at radius 3 is 3.06 bits per heavy atom. The lowest BCUT2D eigenvalue weighted by atomic mass is 10.2. The van der Waals surface area contributed by atoms with Crippen molar-refractivity contribution in [2.75, 3.05) is 18.0 Å². The molecule has 1 fully saturated rings. The van der Waals surface area contributed by atoms with Gasteiger partial charge in [0.2, 0.25) is 0 Å². The molecule has 1 aliphatic heterocycles. The Morgan fingerprint density at radius 2 is 2.35 bits per heavy atom. The van der Waals surface area contributed by atoms with E-state index in [2.05, 4.69) is 16.8 Å². The second kappa shape index (κ2) is 3.87. The van der Waals surface area contributed by atoms with Gasteiger partial charge in [-0.3, -0.25) is 9.20 Å². The minimum Gasteiger partial charge on any atom is -0.354 e. The van der Waals surface area contributed by atoms with E-state index >= 15 is 0 Å². The number of carbonyl (C=O) groups excluding carboxylic acids is 1. The van der Waals surface area contributed by atoms with Crippen molar-refractivity contribution in [2.45, 2.75) is 13.3 Å². The fourth-order valence-corrected chi connectivity index (χ4v) is 2.47. The number of hydrogen-bond acceptors (Lipinski definition) is 3. The van der Waals surface area contributed by atoms with Crippen molar-refractivity contribution in [3.63, 3.8) is 0 Å². The molecular formula is C13H15N3O. The maximum atomic E-state index is 11.3. The average molecular weight is 229 g/mol. The molecule has 0 radical (unpaired) electrons. The largest absolute Gasteiger partial charge is 0.354 e. The lowest BCUT2D eigenvalue weighted by Gasteiger charge is -2.15. The fourth-order valence-electron chi connectivity index (χ4n) is 2.47. The van der Waals surface area contributed by atoms with Gasteiger partial charge in [0.15, 0.2) is 12.1 Å². The number of aldehydes is 1. The summed E-state index contributed by atoms with van der Waals surface area (Å²) in [5, 5.41) is 0. The topological polar surface area (TPSA) is 37.6 Å². The summed E-state index contributed by atoms with van der Waals surface area (Å²) in [4.78, 5) is 18.0. The lowest BCUT2D eigenvalue weighted by molar-refractivity contribution is 0.111. The van der Waals surface area contributed by atoms with E-state index in [4.69, 9.17) is 0 Å². The SMILES string of the molecule is CC1CCN(c2nc3ccccn3c2C=O)C1. The van der Waals surface area contributed by atoms with E-state index < -0.39 is 0 Å². The zero-order chi connectivity index (χ0) is 11.8. The Labute approximate surface area is 99.9 Å². The van der Waals surface area contributed by atoms with Crippen LogP contribution in [0.4, 0.5) is 5.82 Å². The number of imidazole rings is 1. The smallest absolute Gasteiger partial charge is 0.170 e. The standard InChI is InChI=1S/C13H15N3O/c1-10-5-7-15(8-10)13-11(9-17)16-6-3-2-4-12(16)14-13/h2-4,6,9-10H,5,7-8H2,1H3. The first kappa shape index (κ1) is 10.3. The van der Waals surface area contributed by atoms with Crippen molar-refractivity contribution >= 4 is 17.8 Å². The number of fused-ring (bicyclic) bond motifs is 1. The lowest BCUT2D eigenvalue weighted by Crippen LogP contribution is -2.20. The zero-order valence-corrected chi connectivity index (χ0v) is 9.84. The second-order valence-electron chi connectivity index (χ2n) is 4.71. The number of anilines is 1. The first-order chi connectivity index (χ1) is 8.29. The highest BCUT2D eigenvalue weighted by molar-refractivity contribution is 5.83. The number of pyridine rings is 1. The van der Waals surface area contributed by atoms with E-state index in [-0.39, 0.29) is 0 Å². The first-order valence-corrected chi connectivity index (χ1v) is 5.97. The van der Waals surface area contributed by atoms with Crippen LogP contribution in [-0.2, 0) is 0 Å². The van der Waals surface area contributed by atoms with Crippen LogP contribution in [0.3, 0.4) is 0 Å². The molecule has 4 heteroatoms. The molecular weight excluding hydrogens is 214 g/mol. The molecule has 1 atom stereocenters. The number of nitrogens with zero attached hydrogens (tertiary/aromatic N) is 3. The summed E-state index contributed by atoms with van der Waals surface area (Å²) in [5.74, 6) is 1.51. The predicted octanol–water partition coefficient (Wildman–Crippen LogP) is 1.99. The van der Waals surface area contributed by atoms with Crippen LogP contribution in [0.5, 0.6) is 0 Å². The number of rotatable bonds is 2. The molecule has 1 unspecified atom stereocenters. The van der Waals surface area contributed by atoms with Gasteiger partial charge in [-0.15, -0.1) is 0 Å². The summed E-state index contributed by atoms with van der Waals surface area (Å²) in [6.07, 6.45) is 3.96. The molecule has 0 amide bonds. The van der Waals surface area contributed by atoms with E-state index in [1.807, 2.05) is 28.8 Å². The third-order valence-corrected chi connectivity index (χ3v) is 3.38. The molecule has 3 rings (SSSR count). The highest BCUT2D eigenvalue weighted by Gasteiger charge is 2.24. The van der Waals surface area contributed by atoms with Crippen molar-refractivity contribution in [3.8, 4) is 0 Å². The molecule has 17 heavy (non-hydrogen) atoms. The highest BCUT2D eigenvalue weighted by Crippen LogP contribution is 2.26. The van der Waals surface area contributed by atoms with Gasteiger partial charge >= 0.3 is 0 Å². The minimum atomic E-state index is 0.662. The normalized spacial score (nSPS) is 20.1. The Kier molecular flexibility index (Phi) is 2.35. The van der Waals surface area contributed by atoms with Gasteiger partial charge in [0.05, 0.1) is 0 Å². The van der Waals surface area contributed by atoms with Crippen molar-refractivity contribution in [3.05, 3.63) is 30.1 Å². The van der Waals surface area contributed by atoms with Gasteiger partial charge < -0.3 is 4.90 Å². The van der Waals surface area contributed by atoms with Crippen LogP contribution >= 0.6 is 0 Å². The third kappa shape index (κ3) is 1.60. The molecule has 3 heterocycles. The summed E-state index contributed by atoms with van der Waals surface area (Å²) in [6, 6.07) is 5.78. The van der Waals surface area contributed by atoms with Crippen molar-refractivity contribution in [2.24, 2.45) is 5.92 Å². The van der Waals surface area contributed by atoms with E-state index in [0.29, 0.717) is 11.6 Å². The summed E-state index contributed by atoms with van der Waals surface area (Å²) < 4.78 is 1.85. The third-order valence-electron chi connectivity index (χ3n) is 3.38. The van der Waals surface area contributed by atoms with Crippen LogP contribution < -0.4 is 4.90 Å². The summed E-state index contributed by atoms with van der Waals surface area (Å²) in [7, 11) is 0. The van der Waals surface area contributed by atoms with Crippen LogP contribution in [0.15, 0.2) is 24.4 Å². The second-order valence-corrected chi connectivity index (χ2v) is 4.71. The maximum absolute atomic E-state index is 11.3. The Bertz CT molecular complexity index is 561. The van der Waals surface area contributed by atoms with Gasteiger partial charge in [0.1, 0.15) is 11.3 Å². The summed E-state index contributed by atoms with van der Waals surface area (Å²) >= 11 is 0. The molecule has 0 saturated carbocycles. The van der Waals surface area contributed by atoms with Crippen LogP contribution in [0.25, 0.3) is 5.65 Å². The van der Waals surface area contributed by atoms with Crippen LogP contribution in [0.1, 0.15) is 23.8 Å². The maximum Gasteiger partial charge on any atom is 0.170 e. The zero-order valence-electron chi connectivity index (χ0n) is 9.84. The number of hydrogen-bond donors (Lipinski definition) is 0. The van der Waals surface area contributed by atoms with Gasteiger partial charge in [-0.2, -0.15) is 0 Å². The molecule has 0 aliphatic carbocycles. The number of aromatic nitrogens is 2. The van der Waals surface area contributed by atoms with Crippen molar-refractivity contribution in [1.29, 1.82) is 0 Å². The van der Waals surface area contributed by atoms with Gasteiger partial charge in [-0.1, -0.05) is 13.0 Å². The van der Waals surface area contributed by atoms with Gasteiger partial charge in [0.25, 0.3) is 0 Å². The molecule has 0 aromatic carbocycles. The molecule has 1 aliphatic rings. The minimum absolute atomic E-state index is 0.662. The van der Waals surface area contributed by atoms with Crippen LogP contribution in [-0.4, -0.2) is 28.8 Å². The molecule has 0 spiro atoms. The molecule has 1 saturated heterocycles. The van der Waals surface area contributed by atoms with Gasteiger partial charge in [-0.05, 0) is 24.5 Å². The van der Waals surface area contributed by atoms with Crippen LogP contribution in [0, 0.1) is 5.92 Å². The van der Waals surface area contributed by atoms with E-state index in [0.717, 1.165) is 30.8 Å². The van der Waals surface area contributed by atoms with E-state index in [9.17, 15) is 4.79 Å². The molecule has 4 nitrogen and oxygen atoms in total. The first-order valence-electron chi connectivity index (χ1n) is 5.97. The summed E-state index contributed by atoms with van der Waals surface area (Å²) in [5.41, 5.74) is 1.50. The van der Waals surface area contributed by atoms with Crippen molar-refractivity contribution < 1.29 is 4.79 Å². The fraction of sp³-hybridized carbons (Fsp3) is 0.385. The molecule has 2 aromatic heterocycles. The average Bonchev–Trinajstić information content (AvgIpc) is 2.91. The Hall–Kier alpha value is -1.84. The predicted molar refractivity (Wildman–Crippen MR) is 66.6 cm³/mol. The number of carbonyl (C=O) groups is 1. The quantitative estimate of drug-likeness (QED) is 0.739. The van der Waals surface area contributed by atoms with Gasteiger partial charge in [0, 0.05) is 19.3 Å². The Balaban J connectivity index is 2.12. The van der Waals surface area contributed by atoms with E-state index in [1.54, 1.807) is 0 Å². The van der Waals surface area contributed by atoms with Gasteiger partial charge in [-0.25, -0.2) is 4.98 Å². The van der Waals surface area contributed by atoms with Crippen LogP contribution in [0.2, 0.25) is 0 Å².